The van der Waals surface area contributed by atoms with Crippen molar-refractivity contribution in [2.45, 2.75) is 40.5 Å². The van der Waals surface area contributed by atoms with Crippen LogP contribution in [-0.4, -0.2) is 18.3 Å². The van der Waals surface area contributed by atoms with E-state index >= 15 is 0 Å². The predicted octanol–water partition coefficient (Wildman–Crippen LogP) is 5.19. The molecule has 0 fully saturated rings. The molecule has 20 heavy (non-hydrogen) atoms. The van der Waals surface area contributed by atoms with E-state index in [4.69, 9.17) is 27.9 Å². The Labute approximate surface area is 131 Å². The third kappa shape index (κ3) is 4.39. The molecule has 1 aromatic rings. The molecule has 0 bridgehead atoms. The molecule has 4 heteroatoms. The first-order valence-electron chi connectivity index (χ1n) is 6.90. The van der Waals surface area contributed by atoms with Crippen molar-refractivity contribution in [3.63, 3.8) is 0 Å². The summed E-state index contributed by atoms with van der Waals surface area (Å²) in [7, 11) is 0. The van der Waals surface area contributed by atoms with Gasteiger partial charge in [-0.2, -0.15) is 0 Å². The molecule has 0 spiro atoms. The molecule has 0 aromatic heterocycles. The van der Waals surface area contributed by atoms with E-state index in [0.29, 0.717) is 47.6 Å². The molecule has 112 valence electrons. The number of hydrogen-bond donors (Lipinski definition) is 0. The second kappa shape index (κ2) is 7.90. The van der Waals surface area contributed by atoms with Crippen LogP contribution in [0.2, 0.25) is 5.02 Å². The molecule has 0 atom stereocenters. The molecule has 0 saturated heterocycles. The van der Waals surface area contributed by atoms with Gasteiger partial charge in [-0.3, -0.25) is 4.79 Å². The van der Waals surface area contributed by atoms with Crippen molar-refractivity contribution in [2.75, 3.05) is 12.5 Å². The summed E-state index contributed by atoms with van der Waals surface area (Å²) >= 11 is 11.9. The van der Waals surface area contributed by atoms with Crippen molar-refractivity contribution in [3.05, 3.63) is 27.8 Å². The highest BCUT2D eigenvalue weighted by Crippen LogP contribution is 2.33. The quantitative estimate of drug-likeness (QED) is 0.511. The average molecular weight is 317 g/mol. The number of hydrogen-bond acceptors (Lipinski definition) is 2. The minimum atomic E-state index is 0.0452. The molecule has 2 nitrogen and oxygen atoms in total. The molecule has 1 aromatic carbocycles. The summed E-state index contributed by atoms with van der Waals surface area (Å²) < 4.78 is 5.80. The van der Waals surface area contributed by atoms with E-state index in [1.807, 2.05) is 19.9 Å². The summed E-state index contributed by atoms with van der Waals surface area (Å²) in [5, 5.41) is 0.635. The van der Waals surface area contributed by atoms with Gasteiger partial charge in [0.25, 0.3) is 0 Å². The van der Waals surface area contributed by atoms with Crippen LogP contribution in [0.15, 0.2) is 6.07 Å². The van der Waals surface area contributed by atoms with Crippen LogP contribution in [0.25, 0.3) is 0 Å². The Balaban J connectivity index is 3.16. The monoisotopic (exact) mass is 316 g/mol. The first-order valence-corrected chi connectivity index (χ1v) is 7.81. The molecule has 0 aliphatic carbocycles. The van der Waals surface area contributed by atoms with Gasteiger partial charge in [0.2, 0.25) is 0 Å². The molecular weight excluding hydrogens is 295 g/mol. The summed E-state index contributed by atoms with van der Waals surface area (Å²) in [6.07, 6.45) is 1.08. The zero-order valence-corrected chi connectivity index (χ0v) is 14.1. The summed E-state index contributed by atoms with van der Waals surface area (Å²) in [6, 6.07) is 1.85. The number of Topliss-reactive ketones (excluding diaryl/α,β-unsaturated/α-hetero) is 1. The second-order valence-electron chi connectivity index (χ2n) is 5.43. The van der Waals surface area contributed by atoms with Crippen molar-refractivity contribution in [1.29, 1.82) is 0 Å². The highest BCUT2D eigenvalue weighted by atomic mass is 35.5. The summed E-state index contributed by atoms with van der Waals surface area (Å²) in [5.41, 5.74) is 2.33. The van der Waals surface area contributed by atoms with Crippen LogP contribution in [-0.2, 0) is 0 Å². The lowest BCUT2D eigenvalue weighted by atomic mass is 9.98. The Morgan fingerprint density at radius 1 is 1.35 bits per heavy atom. The Bertz CT molecular complexity index is 482. The van der Waals surface area contributed by atoms with Crippen molar-refractivity contribution in [3.8, 4) is 5.75 Å². The number of aryl methyl sites for hydroxylation is 1. The van der Waals surface area contributed by atoms with Gasteiger partial charge in [0.1, 0.15) is 5.75 Å². The number of halogens is 2. The van der Waals surface area contributed by atoms with E-state index in [2.05, 4.69) is 13.8 Å². The van der Waals surface area contributed by atoms with Gasteiger partial charge in [0, 0.05) is 17.3 Å². The van der Waals surface area contributed by atoms with Gasteiger partial charge in [-0.25, -0.2) is 0 Å². The summed E-state index contributed by atoms with van der Waals surface area (Å²) in [6.45, 7) is 8.52. The van der Waals surface area contributed by atoms with Gasteiger partial charge in [-0.1, -0.05) is 25.4 Å². The van der Waals surface area contributed by atoms with E-state index in [1.165, 1.54) is 0 Å². The van der Waals surface area contributed by atoms with Gasteiger partial charge in [0.05, 0.1) is 12.2 Å². The molecule has 0 radical (unpaired) electrons. The van der Waals surface area contributed by atoms with Crippen molar-refractivity contribution in [2.24, 2.45) is 5.92 Å². The highest BCUT2D eigenvalue weighted by Gasteiger charge is 2.19. The van der Waals surface area contributed by atoms with E-state index in [9.17, 15) is 4.79 Å². The zero-order valence-electron chi connectivity index (χ0n) is 12.6. The normalized spacial score (nSPS) is 10.9. The van der Waals surface area contributed by atoms with Crippen LogP contribution in [0.5, 0.6) is 5.75 Å². The van der Waals surface area contributed by atoms with Gasteiger partial charge >= 0.3 is 0 Å². The Morgan fingerprint density at radius 2 is 2.00 bits per heavy atom. The molecular formula is C16H22Cl2O2. The Kier molecular flexibility index (Phi) is 6.84. The number of benzene rings is 1. The first-order chi connectivity index (χ1) is 9.38. The maximum atomic E-state index is 12.4. The lowest BCUT2D eigenvalue weighted by molar-refractivity contribution is 0.0976. The van der Waals surface area contributed by atoms with Crippen LogP contribution in [0.1, 0.15) is 48.2 Å². The maximum Gasteiger partial charge on any atom is 0.166 e. The minimum Gasteiger partial charge on any atom is -0.493 e. The van der Waals surface area contributed by atoms with Crippen molar-refractivity contribution < 1.29 is 9.53 Å². The number of ether oxygens (including phenoxy) is 1. The van der Waals surface area contributed by atoms with Crippen LogP contribution >= 0.6 is 23.2 Å². The van der Waals surface area contributed by atoms with E-state index in [0.717, 1.165) is 11.1 Å². The van der Waals surface area contributed by atoms with Crippen LogP contribution < -0.4 is 4.74 Å². The van der Waals surface area contributed by atoms with Gasteiger partial charge in [-0.05, 0) is 43.4 Å². The first kappa shape index (κ1) is 17.3. The minimum absolute atomic E-state index is 0.0452. The molecule has 0 unspecified atom stereocenters. The van der Waals surface area contributed by atoms with E-state index in [-0.39, 0.29) is 5.78 Å². The van der Waals surface area contributed by atoms with Gasteiger partial charge < -0.3 is 4.74 Å². The number of carbonyl (C=O) groups excluding carboxylic acids is 1. The Morgan fingerprint density at radius 3 is 2.55 bits per heavy atom. The third-order valence-corrected chi connectivity index (χ3v) is 3.88. The molecule has 0 aliphatic rings. The number of ketones is 1. The molecule has 0 saturated carbocycles. The van der Waals surface area contributed by atoms with E-state index < -0.39 is 0 Å². The fraction of sp³-hybridized carbons (Fsp3) is 0.562. The van der Waals surface area contributed by atoms with Crippen molar-refractivity contribution >= 4 is 29.0 Å². The number of alkyl halides is 1. The molecule has 0 aliphatic heterocycles. The SMILES string of the molecule is Cc1cc(OCC(C)C)c(C(=O)CCCCl)c(C)c1Cl. The number of carbonyl (C=O) groups is 1. The largest absolute Gasteiger partial charge is 0.493 e. The predicted molar refractivity (Wildman–Crippen MR) is 85.5 cm³/mol. The fourth-order valence-electron chi connectivity index (χ4n) is 1.99. The number of rotatable bonds is 7. The zero-order chi connectivity index (χ0) is 15.3. The molecule has 0 N–H and O–H groups in total. The second-order valence-corrected chi connectivity index (χ2v) is 6.18. The molecule has 1 rings (SSSR count). The highest BCUT2D eigenvalue weighted by molar-refractivity contribution is 6.32. The van der Waals surface area contributed by atoms with Crippen molar-refractivity contribution in [1.82, 2.24) is 0 Å². The molecule has 0 heterocycles. The van der Waals surface area contributed by atoms with Gasteiger partial charge in [0.15, 0.2) is 5.78 Å². The van der Waals surface area contributed by atoms with Gasteiger partial charge in [-0.15, -0.1) is 11.6 Å². The average Bonchev–Trinajstić information content (AvgIpc) is 2.39. The smallest absolute Gasteiger partial charge is 0.166 e. The van der Waals surface area contributed by atoms with Crippen LogP contribution in [0.3, 0.4) is 0 Å². The summed E-state index contributed by atoms with van der Waals surface area (Å²) in [5.74, 6) is 1.56. The third-order valence-electron chi connectivity index (χ3n) is 3.03. The Hall–Kier alpha value is -0.730. The molecule has 0 amide bonds. The van der Waals surface area contributed by atoms with Crippen LogP contribution in [0.4, 0.5) is 0 Å². The maximum absolute atomic E-state index is 12.4. The topological polar surface area (TPSA) is 26.3 Å². The fourth-order valence-corrected chi connectivity index (χ4v) is 2.27. The lowest BCUT2D eigenvalue weighted by Crippen LogP contribution is -2.11. The van der Waals surface area contributed by atoms with E-state index in [1.54, 1.807) is 0 Å². The van der Waals surface area contributed by atoms with Crippen LogP contribution in [0, 0.1) is 19.8 Å². The summed E-state index contributed by atoms with van der Waals surface area (Å²) in [4.78, 5) is 12.4. The lowest BCUT2D eigenvalue weighted by Gasteiger charge is -2.17. The standard InChI is InChI=1S/C16H22Cl2O2/c1-10(2)9-20-14-8-11(3)16(18)12(4)15(14)13(19)6-5-7-17/h8,10H,5-7,9H2,1-4H3.